The van der Waals surface area contributed by atoms with Crippen LogP contribution in [0.3, 0.4) is 0 Å². The van der Waals surface area contributed by atoms with Gasteiger partial charge in [0.2, 0.25) is 0 Å². The number of nitrogens with zero attached hydrogens (tertiary/aromatic N) is 1. The summed E-state index contributed by atoms with van der Waals surface area (Å²) in [5.74, 6) is 0.827. The van der Waals surface area contributed by atoms with Crippen molar-refractivity contribution in [3.8, 4) is 5.75 Å². The van der Waals surface area contributed by atoms with Gasteiger partial charge in [-0.05, 0) is 44.4 Å². The fraction of sp³-hybridized carbons (Fsp3) is 0.588. The number of carbonyl (C=O) groups excluding carboxylic acids is 1. The topological polar surface area (TPSA) is 41.6 Å². The Kier molecular flexibility index (Phi) is 5.10. The molecule has 1 aliphatic rings. The fourth-order valence-corrected chi connectivity index (χ4v) is 2.70. The first-order chi connectivity index (χ1) is 10.0. The van der Waals surface area contributed by atoms with Crippen LogP contribution in [0, 0.1) is 0 Å². The van der Waals surface area contributed by atoms with Crippen LogP contribution in [0.25, 0.3) is 0 Å². The Hall–Kier alpha value is -1.71. The number of benzene rings is 1. The van der Waals surface area contributed by atoms with E-state index in [0.29, 0.717) is 0 Å². The van der Waals surface area contributed by atoms with Crippen LogP contribution in [0.2, 0.25) is 0 Å². The summed E-state index contributed by atoms with van der Waals surface area (Å²) in [7, 11) is 1.65. The van der Waals surface area contributed by atoms with Crippen molar-refractivity contribution in [1.29, 1.82) is 0 Å². The molecule has 4 nitrogen and oxygen atoms in total. The molecule has 0 spiro atoms. The lowest BCUT2D eigenvalue weighted by atomic mass is 9.94. The summed E-state index contributed by atoms with van der Waals surface area (Å²) in [6, 6.07) is 7.89. The minimum absolute atomic E-state index is 0.0396. The number of amides is 2. The van der Waals surface area contributed by atoms with E-state index in [4.69, 9.17) is 4.74 Å². The van der Waals surface area contributed by atoms with Gasteiger partial charge in [0.1, 0.15) is 5.75 Å². The van der Waals surface area contributed by atoms with E-state index in [2.05, 4.69) is 5.32 Å². The van der Waals surface area contributed by atoms with Crippen LogP contribution in [0.15, 0.2) is 24.3 Å². The van der Waals surface area contributed by atoms with Crippen molar-refractivity contribution >= 4 is 6.03 Å². The Labute approximate surface area is 127 Å². The van der Waals surface area contributed by atoms with Gasteiger partial charge in [0.05, 0.1) is 12.6 Å². The third-order valence-electron chi connectivity index (χ3n) is 4.12. The van der Waals surface area contributed by atoms with Crippen molar-refractivity contribution in [2.24, 2.45) is 0 Å². The third-order valence-corrected chi connectivity index (χ3v) is 4.12. The number of ether oxygens (including phenoxy) is 1. The maximum Gasteiger partial charge on any atom is 0.318 e. The number of carbonyl (C=O) groups is 1. The number of nitrogens with one attached hydrogen (secondary N) is 1. The Bertz CT molecular complexity index is 460. The number of hydrogen-bond donors (Lipinski definition) is 1. The molecule has 0 bridgehead atoms. The van der Waals surface area contributed by atoms with Crippen LogP contribution in [0.5, 0.6) is 5.75 Å². The molecule has 0 aliphatic carbocycles. The van der Waals surface area contributed by atoms with Crippen LogP contribution >= 0.6 is 0 Å². The zero-order chi connectivity index (χ0) is 15.3. The number of urea groups is 1. The maximum atomic E-state index is 12.5. The first kappa shape index (κ1) is 15.7. The highest BCUT2D eigenvalue weighted by molar-refractivity contribution is 5.75. The molecule has 1 aromatic carbocycles. The molecule has 2 rings (SSSR count). The molecule has 1 fully saturated rings. The van der Waals surface area contributed by atoms with Gasteiger partial charge in [-0.15, -0.1) is 0 Å². The Morgan fingerprint density at radius 3 is 2.19 bits per heavy atom. The van der Waals surface area contributed by atoms with E-state index in [1.165, 1.54) is 12.8 Å². The summed E-state index contributed by atoms with van der Waals surface area (Å²) in [4.78, 5) is 14.4. The Morgan fingerprint density at radius 2 is 1.67 bits per heavy atom. The molecule has 0 atom stereocenters. The van der Waals surface area contributed by atoms with E-state index < -0.39 is 5.54 Å². The van der Waals surface area contributed by atoms with Crippen molar-refractivity contribution in [3.05, 3.63) is 29.8 Å². The van der Waals surface area contributed by atoms with Gasteiger partial charge in [0.15, 0.2) is 0 Å². The highest BCUT2D eigenvalue weighted by Crippen LogP contribution is 2.23. The van der Waals surface area contributed by atoms with Gasteiger partial charge in [-0.1, -0.05) is 25.0 Å². The van der Waals surface area contributed by atoms with E-state index >= 15 is 0 Å². The van der Waals surface area contributed by atoms with Crippen LogP contribution < -0.4 is 10.1 Å². The summed E-state index contributed by atoms with van der Waals surface area (Å²) in [5, 5.41) is 3.15. The van der Waals surface area contributed by atoms with Crippen molar-refractivity contribution in [3.63, 3.8) is 0 Å². The van der Waals surface area contributed by atoms with E-state index in [9.17, 15) is 4.79 Å². The van der Waals surface area contributed by atoms with Gasteiger partial charge in [-0.3, -0.25) is 0 Å². The van der Waals surface area contributed by atoms with E-state index in [-0.39, 0.29) is 6.03 Å². The molecule has 1 aromatic rings. The predicted molar refractivity (Wildman–Crippen MR) is 84.6 cm³/mol. The van der Waals surface area contributed by atoms with Crippen molar-refractivity contribution < 1.29 is 9.53 Å². The summed E-state index contributed by atoms with van der Waals surface area (Å²) in [5.41, 5.74) is 0.682. The van der Waals surface area contributed by atoms with Gasteiger partial charge >= 0.3 is 6.03 Å². The second-order valence-electron chi connectivity index (χ2n) is 6.18. The lowest BCUT2D eigenvalue weighted by Gasteiger charge is -2.31. The average Bonchev–Trinajstić information content (AvgIpc) is 2.76. The molecule has 1 saturated heterocycles. The summed E-state index contributed by atoms with van der Waals surface area (Å²) in [6.45, 7) is 5.80. The number of hydrogen-bond acceptors (Lipinski definition) is 2. The van der Waals surface area contributed by atoms with Gasteiger partial charge in [-0.2, -0.15) is 0 Å². The second kappa shape index (κ2) is 6.83. The quantitative estimate of drug-likeness (QED) is 0.925. The van der Waals surface area contributed by atoms with Gasteiger partial charge in [0, 0.05) is 13.1 Å². The largest absolute Gasteiger partial charge is 0.497 e. The van der Waals surface area contributed by atoms with Gasteiger partial charge in [-0.25, -0.2) is 4.79 Å². The predicted octanol–water partition coefficient (Wildman–Crippen LogP) is 3.52. The van der Waals surface area contributed by atoms with E-state index in [1.807, 2.05) is 43.0 Å². The smallest absolute Gasteiger partial charge is 0.318 e. The first-order valence-corrected chi connectivity index (χ1v) is 7.74. The highest BCUT2D eigenvalue weighted by atomic mass is 16.5. The van der Waals surface area contributed by atoms with Crippen LogP contribution in [-0.2, 0) is 5.54 Å². The summed E-state index contributed by atoms with van der Waals surface area (Å²) >= 11 is 0. The van der Waals surface area contributed by atoms with E-state index in [0.717, 1.165) is 37.2 Å². The minimum atomic E-state index is -0.393. The minimum Gasteiger partial charge on any atom is -0.497 e. The second-order valence-corrected chi connectivity index (χ2v) is 6.18. The molecule has 0 aromatic heterocycles. The molecule has 1 heterocycles. The number of rotatable bonds is 3. The molecule has 4 heteroatoms. The highest BCUT2D eigenvalue weighted by Gasteiger charge is 2.26. The average molecular weight is 290 g/mol. The zero-order valence-corrected chi connectivity index (χ0v) is 13.3. The normalized spacial score (nSPS) is 16.2. The van der Waals surface area contributed by atoms with Crippen LogP contribution in [-0.4, -0.2) is 31.1 Å². The van der Waals surface area contributed by atoms with Crippen LogP contribution in [0.1, 0.15) is 45.1 Å². The molecule has 1 N–H and O–H groups in total. The zero-order valence-electron chi connectivity index (χ0n) is 13.3. The lowest BCUT2D eigenvalue weighted by Crippen LogP contribution is -2.48. The molecule has 0 unspecified atom stereocenters. The van der Waals surface area contributed by atoms with Crippen molar-refractivity contribution in [2.75, 3.05) is 20.2 Å². The maximum absolute atomic E-state index is 12.5. The van der Waals surface area contributed by atoms with Crippen molar-refractivity contribution in [1.82, 2.24) is 10.2 Å². The molecule has 21 heavy (non-hydrogen) atoms. The molecular weight excluding hydrogens is 264 g/mol. The van der Waals surface area contributed by atoms with Crippen LogP contribution in [0.4, 0.5) is 4.79 Å². The Morgan fingerprint density at radius 1 is 1.10 bits per heavy atom. The standard InChI is InChI=1S/C17H26N2O2/c1-17(2,14-8-10-15(21-3)11-9-14)18-16(20)19-12-6-4-5-7-13-19/h8-11H,4-7,12-13H2,1-3H3,(H,18,20). The van der Waals surface area contributed by atoms with Crippen molar-refractivity contribution in [2.45, 2.75) is 45.1 Å². The SMILES string of the molecule is COc1ccc(C(C)(C)NC(=O)N2CCCCCC2)cc1. The summed E-state index contributed by atoms with van der Waals surface area (Å²) < 4.78 is 5.18. The van der Waals surface area contributed by atoms with E-state index in [1.54, 1.807) is 7.11 Å². The third kappa shape index (κ3) is 4.13. The molecule has 1 aliphatic heterocycles. The number of likely N-dealkylation sites (tertiary alicyclic amines) is 1. The molecular formula is C17H26N2O2. The molecule has 0 radical (unpaired) electrons. The van der Waals surface area contributed by atoms with Gasteiger partial charge in [0.25, 0.3) is 0 Å². The number of methoxy groups -OCH3 is 1. The summed E-state index contributed by atoms with van der Waals surface area (Å²) in [6.07, 6.45) is 4.67. The lowest BCUT2D eigenvalue weighted by molar-refractivity contribution is 0.188. The molecule has 0 saturated carbocycles. The Balaban J connectivity index is 2.02. The van der Waals surface area contributed by atoms with Gasteiger partial charge < -0.3 is 15.0 Å². The first-order valence-electron chi connectivity index (χ1n) is 7.74. The monoisotopic (exact) mass is 290 g/mol. The molecule has 2 amide bonds. The molecule has 116 valence electrons. The fourth-order valence-electron chi connectivity index (χ4n) is 2.70.